The number of amides is 1. The molecule has 5 aromatic rings. The molecule has 2 N–H and O–H groups in total. The van der Waals surface area contributed by atoms with Gasteiger partial charge in [0.15, 0.2) is 11.6 Å². The Morgan fingerprint density at radius 3 is 2.45 bits per heavy atom. The van der Waals surface area contributed by atoms with E-state index in [1.807, 2.05) is 103 Å². The summed E-state index contributed by atoms with van der Waals surface area (Å²) in [5.41, 5.74) is 11.8. The van der Waals surface area contributed by atoms with Crippen LogP contribution in [0.2, 0.25) is 0 Å². The van der Waals surface area contributed by atoms with Gasteiger partial charge in [-0.3, -0.25) is 4.79 Å². The quantitative estimate of drug-likeness (QED) is 0.0619. The largest absolute Gasteiger partial charge is 0.494 e. The molecule has 0 saturated heterocycles. The molecule has 9 nitrogen and oxygen atoms in total. The molecular formula is C38H35N5O4. The number of carbonyl (C=O) groups is 1. The molecule has 2 atom stereocenters. The first-order chi connectivity index (χ1) is 23.1. The van der Waals surface area contributed by atoms with Crippen molar-refractivity contribution in [1.29, 1.82) is 0 Å². The van der Waals surface area contributed by atoms with Gasteiger partial charge in [0.05, 0.1) is 13.2 Å². The van der Waals surface area contributed by atoms with Gasteiger partial charge in [-0.2, -0.15) is 0 Å². The van der Waals surface area contributed by atoms with Gasteiger partial charge in [-0.25, -0.2) is 4.99 Å². The molecule has 6 rings (SSSR count). The Morgan fingerprint density at radius 2 is 1.64 bits per heavy atom. The van der Waals surface area contributed by atoms with E-state index in [4.69, 9.17) is 25.1 Å². The Morgan fingerprint density at radius 1 is 0.915 bits per heavy atom. The van der Waals surface area contributed by atoms with Crippen molar-refractivity contribution >= 4 is 22.6 Å². The van der Waals surface area contributed by atoms with E-state index < -0.39 is 11.6 Å². The standard InChI is InChI=1S/C38H35N5O4/c39-43-41-26-31-13-5-7-17-34(31)35-38(24-27-10-2-1-3-11-27,37(45)40-25-30-15-8-14-28-12-4-6-16-33(28)30)42-36(47-35)29-18-20-32(21-19-29)46-23-9-22-44/h1-8,10-21,35,44H,9,22-26H2,(H,40,45)/t35-,38-/m1/s1. The molecule has 1 heterocycles. The lowest BCUT2D eigenvalue weighted by Crippen LogP contribution is -2.50. The highest BCUT2D eigenvalue weighted by Crippen LogP contribution is 2.44. The molecular weight excluding hydrogens is 590 g/mol. The molecule has 0 unspecified atom stereocenters. The maximum Gasteiger partial charge on any atom is 0.252 e. The number of azide groups is 1. The number of hydrogen-bond acceptors (Lipinski definition) is 6. The van der Waals surface area contributed by atoms with Crippen LogP contribution in [0.1, 0.15) is 40.3 Å². The zero-order valence-corrected chi connectivity index (χ0v) is 25.8. The van der Waals surface area contributed by atoms with Crippen LogP contribution in [-0.4, -0.2) is 35.7 Å². The van der Waals surface area contributed by atoms with Crippen LogP contribution in [0.25, 0.3) is 21.2 Å². The molecule has 0 bridgehead atoms. The number of aliphatic hydroxyl groups is 1. The molecule has 0 radical (unpaired) electrons. The lowest BCUT2D eigenvalue weighted by atomic mass is 9.80. The minimum Gasteiger partial charge on any atom is -0.494 e. The van der Waals surface area contributed by atoms with Crippen LogP contribution in [-0.2, 0) is 29.0 Å². The molecule has 0 aliphatic carbocycles. The Kier molecular flexibility index (Phi) is 9.77. The third-order valence-corrected chi connectivity index (χ3v) is 8.31. The molecule has 0 fully saturated rings. The summed E-state index contributed by atoms with van der Waals surface area (Å²) in [6, 6.07) is 38.8. The summed E-state index contributed by atoms with van der Waals surface area (Å²) in [4.78, 5) is 22.9. The van der Waals surface area contributed by atoms with E-state index in [-0.39, 0.29) is 25.5 Å². The molecule has 236 valence electrons. The minimum absolute atomic E-state index is 0.0529. The lowest BCUT2D eigenvalue weighted by Gasteiger charge is -2.32. The second-order valence-corrected chi connectivity index (χ2v) is 11.4. The average molecular weight is 626 g/mol. The first-order valence-electron chi connectivity index (χ1n) is 15.6. The van der Waals surface area contributed by atoms with Crippen molar-refractivity contribution in [2.75, 3.05) is 13.2 Å². The molecule has 47 heavy (non-hydrogen) atoms. The second kappa shape index (κ2) is 14.6. The number of rotatable bonds is 13. The second-order valence-electron chi connectivity index (χ2n) is 11.4. The third-order valence-electron chi connectivity index (χ3n) is 8.31. The van der Waals surface area contributed by atoms with E-state index >= 15 is 0 Å². The molecule has 5 aromatic carbocycles. The van der Waals surface area contributed by atoms with Gasteiger partial charge >= 0.3 is 0 Å². The number of aliphatic hydroxyl groups excluding tert-OH is 1. The smallest absolute Gasteiger partial charge is 0.252 e. The number of nitrogens with zero attached hydrogens (tertiary/aromatic N) is 4. The SMILES string of the molecule is [N-]=[N+]=NCc1ccccc1[C@H]1OC(c2ccc(OCCCO)cc2)=N[C@@]1(Cc1ccccc1)C(=O)NCc1cccc2ccccc12. The zero-order chi connectivity index (χ0) is 32.5. The fourth-order valence-corrected chi connectivity index (χ4v) is 5.98. The summed E-state index contributed by atoms with van der Waals surface area (Å²) < 4.78 is 12.4. The monoisotopic (exact) mass is 625 g/mol. The number of carbonyl (C=O) groups excluding carboxylic acids is 1. The fraction of sp³-hybridized carbons (Fsp3) is 0.211. The first kappa shape index (κ1) is 31.4. The van der Waals surface area contributed by atoms with Crippen LogP contribution in [0, 0.1) is 0 Å². The molecule has 0 aromatic heterocycles. The van der Waals surface area contributed by atoms with Crippen LogP contribution in [0.4, 0.5) is 0 Å². The van der Waals surface area contributed by atoms with Gasteiger partial charge in [-0.15, -0.1) is 0 Å². The number of nitrogens with one attached hydrogen (secondary N) is 1. The van der Waals surface area contributed by atoms with Crippen molar-refractivity contribution in [1.82, 2.24) is 5.32 Å². The van der Waals surface area contributed by atoms with E-state index in [0.717, 1.165) is 33.0 Å². The van der Waals surface area contributed by atoms with Gasteiger partial charge < -0.3 is 19.9 Å². The highest BCUT2D eigenvalue weighted by Gasteiger charge is 2.53. The van der Waals surface area contributed by atoms with Crippen LogP contribution >= 0.6 is 0 Å². The van der Waals surface area contributed by atoms with E-state index in [0.29, 0.717) is 36.8 Å². The third kappa shape index (κ3) is 6.97. The van der Waals surface area contributed by atoms with Gasteiger partial charge in [0, 0.05) is 36.5 Å². The minimum atomic E-state index is -1.40. The Hall–Kier alpha value is -5.63. The molecule has 1 aliphatic heterocycles. The van der Waals surface area contributed by atoms with Crippen molar-refractivity contribution in [2.24, 2.45) is 10.1 Å². The lowest BCUT2D eigenvalue weighted by molar-refractivity contribution is -0.129. The summed E-state index contributed by atoms with van der Waals surface area (Å²) >= 11 is 0. The van der Waals surface area contributed by atoms with Crippen LogP contribution in [0.3, 0.4) is 0 Å². The van der Waals surface area contributed by atoms with Crippen molar-refractivity contribution < 1.29 is 19.4 Å². The van der Waals surface area contributed by atoms with Gasteiger partial charge in [0.25, 0.3) is 5.91 Å². The van der Waals surface area contributed by atoms with Crippen molar-refractivity contribution in [3.63, 3.8) is 0 Å². The van der Waals surface area contributed by atoms with E-state index in [9.17, 15) is 4.79 Å². The predicted molar refractivity (Wildman–Crippen MR) is 182 cm³/mol. The predicted octanol–water partition coefficient (Wildman–Crippen LogP) is 7.23. The van der Waals surface area contributed by atoms with Crippen molar-refractivity contribution in [3.8, 4) is 5.75 Å². The Bertz CT molecular complexity index is 1920. The maximum absolute atomic E-state index is 14.7. The van der Waals surface area contributed by atoms with Crippen molar-refractivity contribution in [3.05, 3.63) is 160 Å². The maximum atomic E-state index is 14.7. The van der Waals surface area contributed by atoms with Gasteiger partial charge in [0.2, 0.25) is 5.90 Å². The number of aliphatic imine (C=N–C) groups is 1. The number of fused-ring (bicyclic) bond motifs is 1. The molecule has 1 aliphatic rings. The van der Waals surface area contributed by atoms with E-state index in [1.165, 1.54) is 0 Å². The number of hydrogen-bond donors (Lipinski definition) is 2. The van der Waals surface area contributed by atoms with Gasteiger partial charge in [-0.05, 0) is 62.8 Å². The normalized spacial score (nSPS) is 17.0. The number of benzene rings is 5. The van der Waals surface area contributed by atoms with E-state index in [2.05, 4.69) is 33.5 Å². The molecule has 0 spiro atoms. The van der Waals surface area contributed by atoms with Gasteiger partial charge in [-0.1, -0.05) is 102 Å². The highest BCUT2D eigenvalue weighted by atomic mass is 16.5. The highest BCUT2D eigenvalue weighted by molar-refractivity contribution is 6.01. The molecule has 0 saturated carbocycles. The van der Waals surface area contributed by atoms with Gasteiger partial charge in [0.1, 0.15) is 5.75 Å². The van der Waals surface area contributed by atoms with E-state index in [1.54, 1.807) is 0 Å². The van der Waals surface area contributed by atoms with Crippen molar-refractivity contribution in [2.45, 2.75) is 37.6 Å². The number of ether oxygens (including phenoxy) is 2. The molecule has 1 amide bonds. The Labute approximate surface area is 273 Å². The van der Waals surface area contributed by atoms with Crippen LogP contribution < -0.4 is 10.1 Å². The Balaban J connectivity index is 1.43. The topological polar surface area (TPSA) is 129 Å². The summed E-state index contributed by atoms with van der Waals surface area (Å²) in [5, 5.41) is 18.3. The fourth-order valence-electron chi connectivity index (χ4n) is 5.98. The summed E-state index contributed by atoms with van der Waals surface area (Å²) in [6.07, 6.45) is -0.0257. The first-order valence-corrected chi connectivity index (χ1v) is 15.6. The average Bonchev–Trinajstić information content (AvgIpc) is 3.50. The summed E-state index contributed by atoms with van der Waals surface area (Å²) in [6.45, 7) is 0.848. The van der Waals surface area contributed by atoms with Crippen LogP contribution in [0.5, 0.6) is 5.75 Å². The molecule has 9 heteroatoms. The summed E-state index contributed by atoms with van der Waals surface area (Å²) in [5.74, 6) is 0.698. The van der Waals surface area contributed by atoms with Crippen LogP contribution in [0.15, 0.2) is 131 Å². The zero-order valence-electron chi connectivity index (χ0n) is 25.8. The summed E-state index contributed by atoms with van der Waals surface area (Å²) in [7, 11) is 0.